The van der Waals surface area contributed by atoms with Crippen LogP contribution in [0.3, 0.4) is 0 Å². The van der Waals surface area contributed by atoms with Gasteiger partial charge in [-0.25, -0.2) is 0 Å². The molecule has 0 saturated heterocycles. The first-order valence-electron chi connectivity index (χ1n) is 5.40. The normalized spacial score (nSPS) is 22.6. The Bertz CT molecular complexity index is 492. The lowest BCUT2D eigenvalue weighted by molar-refractivity contribution is 0.925. The average Bonchev–Trinajstić information content (AvgIpc) is 2.87. The maximum atomic E-state index is 4.42. The van der Waals surface area contributed by atoms with Crippen molar-refractivity contribution in [2.75, 3.05) is 0 Å². The van der Waals surface area contributed by atoms with E-state index >= 15 is 0 Å². The molecule has 1 aromatic rings. The topological polar surface area (TPSA) is 12.4 Å². The van der Waals surface area contributed by atoms with Crippen molar-refractivity contribution >= 4 is 12.3 Å². The molecule has 0 radical (unpaired) electrons. The number of rotatable bonds is 1. The molecule has 1 heteroatoms. The Labute approximate surface area is 89.9 Å². The molecule has 3 rings (SSSR count). The molecule has 1 aromatic carbocycles. The van der Waals surface area contributed by atoms with Crippen LogP contribution in [0, 0.1) is 0 Å². The van der Waals surface area contributed by atoms with E-state index in [1.807, 2.05) is 6.21 Å². The highest BCUT2D eigenvalue weighted by Gasteiger charge is 2.23. The molecule has 1 aliphatic heterocycles. The summed E-state index contributed by atoms with van der Waals surface area (Å²) in [6.45, 7) is 2.26. The van der Waals surface area contributed by atoms with Gasteiger partial charge in [0, 0.05) is 18.6 Å². The Balaban J connectivity index is 2.06. The number of nitrogens with zero attached hydrogens (tertiary/aromatic N) is 1. The summed E-state index contributed by atoms with van der Waals surface area (Å²) in [5.41, 5.74) is 5.31. The van der Waals surface area contributed by atoms with Gasteiger partial charge in [-0.15, -0.1) is 0 Å². The molecule has 74 valence electrons. The Morgan fingerprint density at radius 3 is 2.87 bits per heavy atom. The molecule has 1 atom stereocenters. The van der Waals surface area contributed by atoms with E-state index in [0.29, 0.717) is 5.92 Å². The van der Waals surface area contributed by atoms with Crippen LogP contribution in [0.2, 0.25) is 0 Å². The van der Waals surface area contributed by atoms with Crippen molar-refractivity contribution in [2.45, 2.75) is 19.3 Å². The van der Waals surface area contributed by atoms with E-state index in [0.717, 1.165) is 6.42 Å². The number of hydrogen-bond acceptors (Lipinski definition) is 1. The van der Waals surface area contributed by atoms with Gasteiger partial charge in [0.25, 0.3) is 0 Å². The summed E-state index contributed by atoms with van der Waals surface area (Å²) in [5.74, 6) is 0.489. The standard InChI is InChI=1S/C14H13N/c1-10-12-6-3-2-5-11(12)9-13(10)14-7-4-8-15-14/h2-3,5-10H,4H2,1H3. The van der Waals surface area contributed by atoms with Crippen molar-refractivity contribution in [2.24, 2.45) is 4.99 Å². The van der Waals surface area contributed by atoms with Gasteiger partial charge in [0.15, 0.2) is 0 Å². The van der Waals surface area contributed by atoms with Gasteiger partial charge in [-0.2, -0.15) is 0 Å². The number of benzene rings is 1. The van der Waals surface area contributed by atoms with E-state index in [-0.39, 0.29) is 0 Å². The molecule has 1 aliphatic carbocycles. The Hall–Kier alpha value is -1.63. The molecular formula is C14H13N. The number of fused-ring (bicyclic) bond motifs is 1. The third kappa shape index (κ3) is 1.27. The molecule has 1 nitrogen and oxygen atoms in total. The smallest absolute Gasteiger partial charge is 0.0627 e. The molecule has 1 unspecified atom stereocenters. The van der Waals surface area contributed by atoms with Crippen molar-refractivity contribution < 1.29 is 0 Å². The maximum Gasteiger partial charge on any atom is 0.0627 e. The highest BCUT2D eigenvalue weighted by Crippen LogP contribution is 2.40. The lowest BCUT2D eigenvalue weighted by atomic mass is 9.96. The van der Waals surface area contributed by atoms with Crippen LogP contribution in [-0.4, -0.2) is 6.21 Å². The van der Waals surface area contributed by atoms with Crippen molar-refractivity contribution in [3.8, 4) is 0 Å². The fourth-order valence-electron chi connectivity index (χ4n) is 2.35. The van der Waals surface area contributed by atoms with Gasteiger partial charge in [-0.3, -0.25) is 4.99 Å². The minimum Gasteiger partial charge on any atom is -0.261 e. The van der Waals surface area contributed by atoms with Crippen LogP contribution in [0.5, 0.6) is 0 Å². The number of aliphatic imine (C=N–C) groups is 1. The van der Waals surface area contributed by atoms with Crippen molar-refractivity contribution in [3.05, 3.63) is 52.7 Å². The van der Waals surface area contributed by atoms with Gasteiger partial charge in [-0.05, 0) is 22.8 Å². The van der Waals surface area contributed by atoms with Crippen LogP contribution >= 0.6 is 0 Å². The highest BCUT2D eigenvalue weighted by atomic mass is 14.8. The minimum absolute atomic E-state index is 0.489. The van der Waals surface area contributed by atoms with E-state index in [4.69, 9.17) is 0 Å². The van der Waals surface area contributed by atoms with Crippen LogP contribution in [0.25, 0.3) is 6.08 Å². The van der Waals surface area contributed by atoms with Gasteiger partial charge in [0.05, 0.1) is 5.70 Å². The van der Waals surface area contributed by atoms with E-state index in [1.165, 1.54) is 22.4 Å². The second kappa shape index (κ2) is 3.20. The van der Waals surface area contributed by atoms with Crippen LogP contribution < -0.4 is 0 Å². The zero-order valence-corrected chi connectivity index (χ0v) is 8.77. The first-order valence-corrected chi connectivity index (χ1v) is 5.40. The SMILES string of the molecule is CC1C(C2=CCC=N2)=Cc2ccccc21. The molecule has 0 N–H and O–H groups in total. The Morgan fingerprint density at radius 1 is 1.27 bits per heavy atom. The Morgan fingerprint density at radius 2 is 2.13 bits per heavy atom. The molecule has 2 aliphatic rings. The van der Waals surface area contributed by atoms with Crippen molar-refractivity contribution in [3.63, 3.8) is 0 Å². The number of hydrogen-bond donors (Lipinski definition) is 0. The van der Waals surface area contributed by atoms with Gasteiger partial charge < -0.3 is 0 Å². The second-order valence-electron chi connectivity index (χ2n) is 4.09. The monoisotopic (exact) mass is 195 g/mol. The third-order valence-electron chi connectivity index (χ3n) is 3.18. The molecule has 15 heavy (non-hydrogen) atoms. The molecule has 0 fully saturated rings. The molecule has 0 amide bonds. The van der Waals surface area contributed by atoms with Crippen LogP contribution in [-0.2, 0) is 0 Å². The summed E-state index contributed by atoms with van der Waals surface area (Å²) in [7, 11) is 0. The van der Waals surface area contributed by atoms with E-state index in [2.05, 4.69) is 48.3 Å². The lowest BCUT2D eigenvalue weighted by Gasteiger charge is -2.09. The maximum absolute atomic E-state index is 4.42. The average molecular weight is 195 g/mol. The van der Waals surface area contributed by atoms with Crippen LogP contribution in [0.15, 0.2) is 46.6 Å². The summed E-state index contributed by atoms with van der Waals surface area (Å²) in [6.07, 6.45) is 7.43. The third-order valence-corrected chi connectivity index (χ3v) is 3.18. The largest absolute Gasteiger partial charge is 0.261 e. The van der Waals surface area contributed by atoms with E-state index in [9.17, 15) is 0 Å². The summed E-state index contributed by atoms with van der Waals surface area (Å²) in [5, 5.41) is 0. The number of allylic oxidation sites excluding steroid dienone is 2. The predicted octanol–water partition coefficient (Wildman–Crippen LogP) is 3.55. The first-order chi connectivity index (χ1) is 7.36. The summed E-state index contributed by atoms with van der Waals surface area (Å²) >= 11 is 0. The highest BCUT2D eigenvalue weighted by molar-refractivity contribution is 5.75. The lowest BCUT2D eigenvalue weighted by Crippen LogP contribution is -1.94. The molecule has 0 saturated carbocycles. The Kier molecular flexibility index (Phi) is 1.84. The second-order valence-corrected chi connectivity index (χ2v) is 4.09. The van der Waals surface area contributed by atoms with Crippen molar-refractivity contribution in [1.82, 2.24) is 0 Å². The molecule has 1 heterocycles. The summed E-state index contributed by atoms with van der Waals surface area (Å²) < 4.78 is 0. The van der Waals surface area contributed by atoms with Crippen molar-refractivity contribution in [1.29, 1.82) is 0 Å². The molecule has 0 aromatic heterocycles. The zero-order chi connectivity index (χ0) is 10.3. The fraction of sp³-hybridized carbons (Fsp3) is 0.214. The van der Waals surface area contributed by atoms with Crippen LogP contribution in [0.4, 0.5) is 0 Å². The minimum atomic E-state index is 0.489. The fourth-order valence-corrected chi connectivity index (χ4v) is 2.35. The van der Waals surface area contributed by atoms with Gasteiger partial charge in [0.1, 0.15) is 0 Å². The van der Waals surface area contributed by atoms with E-state index < -0.39 is 0 Å². The summed E-state index contributed by atoms with van der Waals surface area (Å²) in [6, 6.07) is 8.59. The predicted molar refractivity (Wildman–Crippen MR) is 64.0 cm³/mol. The van der Waals surface area contributed by atoms with E-state index in [1.54, 1.807) is 0 Å². The first kappa shape index (κ1) is 8.66. The van der Waals surface area contributed by atoms with Gasteiger partial charge >= 0.3 is 0 Å². The molecule has 0 bridgehead atoms. The zero-order valence-electron chi connectivity index (χ0n) is 8.77. The summed E-state index contributed by atoms with van der Waals surface area (Å²) in [4.78, 5) is 4.42. The van der Waals surface area contributed by atoms with Crippen LogP contribution in [0.1, 0.15) is 30.4 Å². The molecular weight excluding hydrogens is 182 g/mol. The van der Waals surface area contributed by atoms with Gasteiger partial charge in [0.2, 0.25) is 0 Å². The van der Waals surface area contributed by atoms with Gasteiger partial charge in [-0.1, -0.05) is 37.3 Å². The molecule has 0 spiro atoms. The quantitative estimate of drug-likeness (QED) is 0.650.